The zero-order valence-electron chi connectivity index (χ0n) is 10.5. The molecule has 2 aliphatic rings. The molecule has 1 aliphatic heterocycles. The van der Waals surface area contributed by atoms with Crippen LogP contribution in [-0.4, -0.2) is 24.7 Å². The molecular formula is C14H26N2. The smallest absolute Gasteiger partial charge is 0.0113 e. The second-order valence-electron chi connectivity index (χ2n) is 5.50. The molecule has 0 amide bonds. The van der Waals surface area contributed by atoms with E-state index >= 15 is 0 Å². The van der Waals surface area contributed by atoms with Crippen LogP contribution in [0.25, 0.3) is 0 Å². The highest BCUT2D eigenvalue weighted by Crippen LogP contribution is 2.32. The molecule has 1 saturated carbocycles. The van der Waals surface area contributed by atoms with Crippen molar-refractivity contribution in [2.75, 3.05) is 6.54 Å². The molecule has 0 spiro atoms. The van der Waals surface area contributed by atoms with Gasteiger partial charge in [0.15, 0.2) is 0 Å². The molecule has 1 saturated heterocycles. The molecule has 16 heavy (non-hydrogen) atoms. The first-order valence-corrected chi connectivity index (χ1v) is 6.91. The Morgan fingerprint density at radius 1 is 1.38 bits per heavy atom. The van der Waals surface area contributed by atoms with Gasteiger partial charge in [0, 0.05) is 18.1 Å². The summed E-state index contributed by atoms with van der Waals surface area (Å²) in [6.45, 7) is 7.33. The van der Waals surface area contributed by atoms with Gasteiger partial charge in [0.25, 0.3) is 0 Å². The van der Waals surface area contributed by atoms with E-state index in [1.54, 1.807) is 0 Å². The summed E-state index contributed by atoms with van der Waals surface area (Å²) in [7, 11) is 0. The van der Waals surface area contributed by atoms with E-state index in [1.807, 2.05) is 6.08 Å². The summed E-state index contributed by atoms with van der Waals surface area (Å²) in [4.78, 5) is 0. The van der Waals surface area contributed by atoms with Crippen LogP contribution >= 0.6 is 0 Å². The van der Waals surface area contributed by atoms with Crippen molar-refractivity contribution in [3.63, 3.8) is 0 Å². The van der Waals surface area contributed by atoms with Gasteiger partial charge in [-0.3, -0.25) is 0 Å². The van der Waals surface area contributed by atoms with E-state index < -0.39 is 0 Å². The van der Waals surface area contributed by atoms with E-state index in [1.165, 1.54) is 38.6 Å². The Bertz CT molecular complexity index is 221. The molecule has 4 unspecified atom stereocenters. The van der Waals surface area contributed by atoms with Crippen LogP contribution in [0.5, 0.6) is 0 Å². The summed E-state index contributed by atoms with van der Waals surface area (Å²) < 4.78 is 0. The van der Waals surface area contributed by atoms with Gasteiger partial charge in [0.05, 0.1) is 0 Å². The minimum atomic E-state index is 0.588. The lowest BCUT2D eigenvalue weighted by molar-refractivity contribution is 0.302. The SMILES string of the molecule is C=CCC(C)NC1CCCC1C1CCCN1. The fourth-order valence-electron chi connectivity index (χ4n) is 3.44. The largest absolute Gasteiger partial charge is 0.314 e. The van der Waals surface area contributed by atoms with Crippen LogP contribution in [0.15, 0.2) is 12.7 Å². The Morgan fingerprint density at radius 3 is 2.94 bits per heavy atom. The number of rotatable bonds is 5. The summed E-state index contributed by atoms with van der Waals surface area (Å²) in [5.74, 6) is 0.870. The van der Waals surface area contributed by atoms with E-state index in [9.17, 15) is 0 Å². The van der Waals surface area contributed by atoms with Crippen LogP contribution in [0, 0.1) is 5.92 Å². The standard InChI is InChI=1S/C14H26N2/c1-3-6-11(2)16-14-8-4-7-12(14)13-9-5-10-15-13/h3,11-16H,1,4-10H2,2H3. The quantitative estimate of drug-likeness (QED) is 0.698. The lowest BCUT2D eigenvalue weighted by atomic mass is 9.92. The minimum Gasteiger partial charge on any atom is -0.314 e. The van der Waals surface area contributed by atoms with Gasteiger partial charge in [-0.1, -0.05) is 12.5 Å². The van der Waals surface area contributed by atoms with Crippen LogP contribution in [0.1, 0.15) is 45.4 Å². The molecule has 2 nitrogen and oxygen atoms in total. The summed E-state index contributed by atoms with van der Waals surface area (Å²) in [5, 5.41) is 7.47. The van der Waals surface area contributed by atoms with Gasteiger partial charge in [-0.15, -0.1) is 6.58 Å². The van der Waals surface area contributed by atoms with Gasteiger partial charge in [0.1, 0.15) is 0 Å². The number of nitrogens with one attached hydrogen (secondary N) is 2. The molecule has 1 heterocycles. The zero-order valence-corrected chi connectivity index (χ0v) is 10.5. The van der Waals surface area contributed by atoms with Gasteiger partial charge in [-0.2, -0.15) is 0 Å². The van der Waals surface area contributed by atoms with Gasteiger partial charge < -0.3 is 10.6 Å². The highest BCUT2D eigenvalue weighted by molar-refractivity contribution is 4.94. The van der Waals surface area contributed by atoms with Gasteiger partial charge in [-0.25, -0.2) is 0 Å². The van der Waals surface area contributed by atoms with E-state index in [2.05, 4.69) is 24.1 Å². The predicted octanol–water partition coefficient (Wildman–Crippen LogP) is 2.46. The Morgan fingerprint density at radius 2 is 2.25 bits per heavy atom. The molecule has 0 radical (unpaired) electrons. The molecule has 2 N–H and O–H groups in total. The summed E-state index contributed by atoms with van der Waals surface area (Å²) in [5.41, 5.74) is 0. The van der Waals surface area contributed by atoms with Crippen LogP contribution < -0.4 is 10.6 Å². The average Bonchev–Trinajstić information content (AvgIpc) is 2.86. The van der Waals surface area contributed by atoms with E-state index in [0.717, 1.165) is 24.4 Å². The van der Waals surface area contributed by atoms with Crippen molar-refractivity contribution in [1.29, 1.82) is 0 Å². The highest BCUT2D eigenvalue weighted by atomic mass is 15.0. The molecule has 0 bridgehead atoms. The first kappa shape index (κ1) is 12.1. The number of hydrogen-bond acceptors (Lipinski definition) is 2. The van der Waals surface area contributed by atoms with Crippen molar-refractivity contribution < 1.29 is 0 Å². The number of hydrogen-bond donors (Lipinski definition) is 2. The molecule has 0 aromatic carbocycles. The molecule has 0 aromatic rings. The summed E-state index contributed by atoms with van der Waals surface area (Å²) >= 11 is 0. The first-order chi connectivity index (χ1) is 7.81. The third-order valence-corrected chi connectivity index (χ3v) is 4.20. The Labute approximate surface area is 99.9 Å². The molecule has 1 aliphatic carbocycles. The third kappa shape index (κ3) is 2.86. The van der Waals surface area contributed by atoms with Crippen molar-refractivity contribution in [1.82, 2.24) is 10.6 Å². The second-order valence-corrected chi connectivity index (χ2v) is 5.50. The predicted molar refractivity (Wildman–Crippen MR) is 69.6 cm³/mol. The summed E-state index contributed by atoms with van der Waals surface area (Å²) in [6.07, 6.45) is 10.0. The van der Waals surface area contributed by atoms with Crippen LogP contribution in [-0.2, 0) is 0 Å². The lowest BCUT2D eigenvalue weighted by Crippen LogP contribution is -2.45. The van der Waals surface area contributed by atoms with E-state index in [4.69, 9.17) is 0 Å². The van der Waals surface area contributed by atoms with Gasteiger partial charge in [-0.05, 0) is 51.5 Å². The first-order valence-electron chi connectivity index (χ1n) is 6.91. The zero-order chi connectivity index (χ0) is 11.4. The molecule has 2 rings (SSSR count). The van der Waals surface area contributed by atoms with Crippen LogP contribution in [0.2, 0.25) is 0 Å². The maximum atomic E-state index is 3.82. The van der Waals surface area contributed by atoms with Crippen LogP contribution in [0.4, 0.5) is 0 Å². The maximum absolute atomic E-state index is 3.82. The third-order valence-electron chi connectivity index (χ3n) is 4.20. The van der Waals surface area contributed by atoms with Gasteiger partial charge in [0.2, 0.25) is 0 Å². The molecule has 2 fully saturated rings. The highest BCUT2D eigenvalue weighted by Gasteiger charge is 2.35. The molecule has 0 aromatic heterocycles. The fourth-order valence-corrected chi connectivity index (χ4v) is 3.44. The topological polar surface area (TPSA) is 24.1 Å². The molecular weight excluding hydrogens is 196 g/mol. The normalized spacial score (nSPS) is 36.4. The Kier molecular flexibility index (Phi) is 4.42. The Hall–Kier alpha value is -0.340. The Balaban J connectivity index is 1.84. The van der Waals surface area contributed by atoms with Crippen molar-refractivity contribution in [2.24, 2.45) is 5.92 Å². The molecule has 2 heteroatoms. The molecule has 4 atom stereocenters. The average molecular weight is 222 g/mol. The van der Waals surface area contributed by atoms with Crippen molar-refractivity contribution >= 4 is 0 Å². The monoisotopic (exact) mass is 222 g/mol. The minimum absolute atomic E-state index is 0.588. The van der Waals surface area contributed by atoms with Crippen molar-refractivity contribution in [2.45, 2.75) is 63.6 Å². The second kappa shape index (κ2) is 5.83. The van der Waals surface area contributed by atoms with Crippen LogP contribution in [0.3, 0.4) is 0 Å². The summed E-state index contributed by atoms with van der Waals surface area (Å²) in [6, 6.07) is 2.12. The maximum Gasteiger partial charge on any atom is 0.0113 e. The van der Waals surface area contributed by atoms with Crippen molar-refractivity contribution in [3.05, 3.63) is 12.7 Å². The molecule has 92 valence electrons. The van der Waals surface area contributed by atoms with Crippen molar-refractivity contribution in [3.8, 4) is 0 Å². The van der Waals surface area contributed by atoms with E-state index in [-0.39, 0.29) is 0 Å². The van der Waals surface area contributed by atoms with E-state index in [0.29, 0.717) is 6.04 Å². The van der Waals surface area contributed by atoms with Gasteiger partial charge >= 0.3 is 0 Å². The fraction of sp³-hybridized carbons (Fsp3) is 0.857. The lowest BCUT2D eigenvalue weighted by Gasteiger charge is -2.29.